The summed E-state index contributed by atoms with van der Waals surface area (Å²) in [6.07, 6.45) is 1.14. The van der Waals surface area contributed by atoms with E-state index in [2.05, 4.69) is 10.2 Å². The summed E-state index contributed by atoms with van der Waals surface area (Å²) in [6.45, 7) is 2.34. The second kappa shape index (κ2) is 9.10. The molecule has 0 bridgehead atoms. The summed E-state index contributed by atoms with van der Waals surface area (Å²) in [7, 11) is 3.66. The monoisotopic (exact) mass is 333 g/mol. The minimum Gasteiger partial charge on any atom is -0.399 e. The summed E-state index contributed by atoms with van der Waals surface area (Å²) in [5.74, 6) is -0.122. The van der Waals surface area contributed by atoms with Crippen molar-refractivity contribution in [3.8, 4) is 0 Å². The molecule has 21 heavy (non-hydrogen) atoms. The molecule has 0 radical (unpaired) electrons. The van der Waals surface area contributed by atoms with Gasteiger partial charge in [0, 0.05) is 25.8 Å². The molecule has 0 fully saturated rings. The molecule has 0 heterocycles. The molecule has 0 aromatic heterocycles. The number of methoxy groups -OCH3 is 1. The molecule has 0 aliphatic carbocycles. The first kappa shape index (κ1) is 18.0. The number of amides is 1. The Kier molecular flexibility index (Phi) is 7.82. The largest absolute Gasteiger partial charge is 0.399 e. The van der Waals surface area contributed by atoms with Crippen molar-refractivity contribution in [2.24, 2.45) is 0 Å². The molecule has 1 rings (SSSR count). The van der Waals surface area contributed by atoms with Gasteiger partial charge in [0.15, 0.2) is 0 Å². The van der Waals surface area contributed by atoms with Crippen molar-refractivity contribution in [2.45, 2.75) is 12.8 Å². The van der Waals surface area contributed by atoms with Crippen LogP contribution in [0.1, 0.15) is 12.8 Å². The number of carbonyl (C=O) groups excluding carboxylic acids is 1. The molecule has 118 valence electrons. The first-order chi connectivity index (χ1) is 9.93. The quantitative estimate of drug-likeness (QED) is 0.718. The average molecular weight is 334 g/mol. The van der Waals surface area contributed by atoms with Crippen LogP contribution in [0.5, 0.6) is 0 Å². The number of halogens is 2. The van der Waals surface area contributed by atoms with Crippen molar-refractivity contribution >= 4 is 40.5 Å². The van der Waals surface area contributed by atoms with Crippen molar-refractivity contribution in [3.05, 3.63) is 22.2 Å². The van der Waals surface area contributed by atoms with Crippen LogP contribution in [-0.2, 0) is 9.53 Å². The van der Waals surface area contributed by atoms with E-state index in [-0.39, 0.29) is 5.91 Å². The topological polar surface area (TPSA) is 67.6 Å². The zero-order valence-electron chi connectivity index (χ0n) is 12.3. The van der Waals surface area contributed by atoms with Crippen LogP contribution >= 0.6 is 23.2 Å². The van der Waals surface area contributed by atoms with Crippen LogP contribution in [0.2, 0.25) is 10.0 Å². The lowest BCUT2D eigenvalue weighted by molar-refractivity contribution is -0.116. The van der Waals surface area contributed by atoms with Crippen LogP contribution in [0.25, 0.3) is 0 Å². The fourth-order valence-electron chi connectivity index (χ4n) is 1.78. The van der Waals surface area contributed by atoms with E-state index in [9.17, 15) is 4.79 Å². The maximum Gasteiger partial charge on any atom is 0.224 e. The van der Waals surface area contributed by atoms with Crippen LogP contribution in [0.15, 0.2) is 12.1 Å². The maximum absolute atomic E-state index is 11.9. The Labute approximate surface area is 135 Å². The van der Waals surface area contributed by atoms with Gasteiger partial charge in [0.2, 0.25) is 5.91 Å². The van der Waals surface area contributed by atoms with Crippen molar-refractivity contribution < 1.29 is 9.53 Å². The Morgan fingerprint density at radius 2 is 1.95 bits per heavy atom. The van der Waals surface area contributed by atoms with Gasteiger partial charge in [-0.1, -0.05) is 23.2 Å². The molecule has 0 aliphatic heterocycles. The summed E-state index contributed by atoms with van der Waals surface area (Å²) in [5.41, 5.74) is 6.48. The molecule has 0 saturated carbocycles. The fraction of sp³-hybridized carbons (Fsp3) is 0.500. The lowest BCUT2D eigenvalue weighted by atomic mass is 10.2. The summed E-state index contributed by atoms with van der Waals surface area (Å²) in [5, 5.41) is 3.40. The van der Waals surface area contributed by atoms with Crippen LogP contribution in [0, 0.1) is 0 Å². The Morgan fingerprint density at radius 1 is 1.33 bits per heavy atom. The minimum absolute atomic E-state index is 0.122. The Bertz CT molecular complexity index is 460. The molecule has 1 aromatic rings. The van der Waals surface area contributed by atoms with Crippen LogP contribution in [-0.4, -0.2) is 44.7 Å². The van der Waals surface area contributed by atoms with E-state index in [0.29, 0.717) is 34.4 Å². The minimum atomic E-state index is -0.122. The Balaban J connectivity index is 2.41. The van der Waals surface area contributed by atoms with Crippen LogP contribution < -0.4 is 11.1 Å². The molecular formula is C14H21Cl2N3O2. The molecule has 0 saturated heterocycles. The first-order valence-corrected chi connectivity index (χ1v) is 7.41. The molecule has 0 spiro atoms. The van der Waals surface area contributed by atoms with Crippen molar-refractivity contribution in [3.63, 3.8) is 0 Å². The summed E-state index contributed by atoms with van der Waals surface area (Å²) >= 11 is 12.0. The van der Waals surface area contributed by atoms with Gasteiger partial charge in [-0.15, -0.1) is 0 Å². The standard InChI is InChI=1S/C14H21Cl2N3O2/c1-19(6-7-21-2)5-3-4-13(20)18-14-11(15)8-10(17)9-12(14)16/h8-9H,3-7,17H2,1-2H3,(H,18,20). The van der Waals surface area contributed by atoms with Gasteiger partial charge in [-0.25, -0.2) is 0 Å². The number of ether oxygens (including phenoxy) is 1. The number of nitrogens with zero attached hydrogens (tertiary/aromatic N) is 1. The third kappa shape index (κ3) is 6.52. The summed E-state index contributed by atoms with van der Waals surface area (Å²) in [6, 6.07) is 3.11. The molecule has 3 N–H and O–H groups in total. The van der Waals surface area contributed by atoms with Gasteiger partial charge in [-0.3, -0.25) is 4.79 Å². The number of benzene rings is 1. The number of hydrogen-bond donors (Lipinski definition) is 2. The SMILES string of the molecule is COCCN(C)CCCC(=O)Nc1c(Cl)cc(N)cc1Cl. The zero-order valence-corrected chi connectivity index (χ0v) is 13.8. The number of nitrogens with one attached hydrogen (secondary N) is 1. The highest BCUT2D eigenvalue weighted by Crippen LogP contribution is 2.32. The summed E-state index contributed by atoms with van der Waals surface area (Å²) in [4.78, 5) is 14.0. The molecule has 0 aliphatic rings. The third-order valence-corrected chi connectivity index (χ3v) is 3.55. The maximum atomic E-state index is 11.9. The molecule has 1 amide bonds. The number of hydrogen-bond acceptors (Lipinski definition) is 4. The van der Waals surface area contributed by atoms with E-state index in [1.807, 2.05) is 7.05 Å². The number of carbonyl (C=O) groups is 1. The van der Waals surface area contributed by atoms with E-state index in [4.69, 9.17) is 33.7 Å². The Morgan fingerprint density at radius 3 is 2.52 bits per heavy atom. The number of nitrogen functional groups attached to an aromatic ring is 1. The number of anilines is 2. The highest BCUT2D eigenvalue weighted by Gasteiger charge is 2.11. The second-order valence-electron chi connectivity index (χ2n) is 4.81. The van der Waals surface area contributed by atoms with Crippen LogP contribution in [0.4, 0.5) is 11.4 Å². The van der Waals surface area contributed by atoms with Crippen molar-refractivity contribution in [1.82, 2.24) is 4.90 Å². The van der Waals surface area contributed by atoms with E-state index < -0.39 is 0 Å². The highest BCUT2D eigenvalue weighted by molar-refractivity contribution is 6.40. The van der Waals surface area contributed by atoms with E-state index in [0.717, 1.165) is 19.5 Å². The van der Waals surface area contributed by atoms with Gasteiger partial charge >= 0.3 is 0 Å². The smallest absolute Gasteiger partial charge is 0.224 e. The molecule has 0 atom stereocenters. The van der Waals surface area contributed by atoms with E-state index in [1.54, 1.807) is 19.2 Å². The fourth-order valence-corrected chi connectivity index (χ4v) is 2.38. The predicted molar refractivity (Wildman–Crippen MR) is 88.1 cm³/mol. The molecular weight excluding hydrogens is 313 g/mol. The molecule has 1 aromatic carbocycles. The summed E-state index contributed by atoms with van der Waals surface area (Å²) < 4.78 is 4.99. The number of nitrogens with two attached hydrogens (primary N) is 1. The van der Waals surface area contributed by atoms with E-state index in [1.165, 1.54) is 0 Å². The molecule has 5 nitrogen and oxygen atoms in total. The van der Waals surface area contributed by atoms with E-state index >= 15 is 0 Å². The first-order valence-electron chi connectivity index (χ1n) is 6.66. The van der Waals surface area contributed by atoms with Gasteiger partial charge in [0.05, 0.1) is 22.3 Å². The highest BCUT2D eigenvalue weighted by atomic mass is 35.5. The van der Waals surface area contributed by atoms with Crippen molar-refractivity contribution in [1.29, 1.82) is 0 Å². The number of likely N-dealkylation sites (N-methyl/N-ethyl adjacent to an activating group) is 1. The third-order valence-electron chi connectivity index (χ3n) is 2.95. The molecule has 7 heteroatoms. The van der Waals surface area contributed by atoms with Gasteiger partial charge in [-0.2, -0.15) is 0 Å². The van der Waals surface area contributed by atoms with Gasteiger partial charge in [0.25, 0.3) is 0 Å². The second-order valence-corrected chi connectivity index (χ2v) is 5.62. The van der Waals surface area contributed by atoms with Crippen molar-refractivity contribution in [2.75, 3.05) is 44.9 Å². The van der Waals surface area contributed by atoms with Gasteiger partial charge in [-0.05, 0) is 32.1 Å². The van der Waals surface area contributed by atoms with Gasteiger partial charge < -0.3 is 20.7 Å². The lowest BCUT2D eigenvalue weighted by Crippen LogP contribution is -2.25. The molecule has 0 unspecified atom stereocenters. The predicted octanol–water partition coefficient (Wildman–Crippen LogP) is 2.87. The van der Waals surface area contributed by atoms with Gasteiger partial charge in [0.1, 0.15) is 0 Å². The average Bonchev–Trinajstić information content (AvgIpc) is 2.40. The zero-order chi connectivity index (χ0) is 15.8. The number of rotatable bonds is 8. The van der Waals surface area contributed by atoms with Crippen LogP contribution in [0.3, 0.4) is 0 Å². The normalized spacial score (nSPS) is 10.9. The Hall–Kier alpha value is -1.01. The lowest BCUT2D eigenvalue weighted by Gasteiger charge is -2.15.